The lowest BCUT2D eigenvalue weighted by Gasteiger charge is -2.39. The number of nitrogens with zero attached hydrogens (tertiary/aromatic N) is 4. The minimum atomic E-state index is -0.825. The van der Waals surface area contributed by atoms with Crippen LogP contribution in [0.1, 0.15) is 51.2 Å². The van der Waals surface area contributed by atoms with Gasteiger partial charge >= 0.3 is 6.03 Å². The fourth-order valence-electron chi connectivity index (χ4n) is 3.73. The fraction of sp³-hybridized carbons (Fsp3) is 0.765. The van der Waals surface area contributed by atoms with Crippen molar-refractivity contribution in [1.29, 1.82) is 0 Å². The van der Waals surface area contributed by atoms with Crippen LogP contribution in [-0.4, -0.2) is 57.6 Å². The van der Waals surface area contributed by atoms with Crippen molar-refractivity contribution in [3.05, 3.63) is 11.7 Å². The van der Waals surface area contributed by atoms with Crippen LogP contribution in [0.3, 0.4) is 0 Å². The standard InChI is InChI=1S/C17H27N5O3/c1-4-5-8-14-18-13(20-25-14)11-22-9-6-7-12(10-22)17(2)15(23)21(3)16(24)19-17/h12H,4-11H2,1-3H3,(H,19,24). The molecule has 0 saturated carbocycles. The maximum absolute atomic E-state index is 12.5. The Balaban J connectivity index is 1.62. The van der Waals surface area contributed by atoms with Crippen LogP contribution >= 0.6 is 0 Å². The van der Waals surface area contributed by atoms with Crippen molar-refractivity contribution in [3.8, 4) is 0 Å². The van der Waals surface area contributed by atoms with E-state index >= 15 is 0 Å². The summed E-state index contributed by atoms with van der Waals surface area (Å²) in [5.41, 5.74) is -0.825. The van der Waals surface area contributed by atoms with Gasteiger partial charge < -0.3 is 9.84 Å². The van der Waals surface area contributed by atoms with Crippen LogP contribution in [0.4, 0.5) is 4.79 Å². The molecule has 1 N–H and O–H groups in total. The highest BCUT2D eigenvalue weighted by atomic mass is 16.5. The van der Waals surface area contributed by atoms with Gasteiger partial charge in [0.1, 0.15) is 5.54 Å². The van der Waals surface area contributed by atoms with Gasteiger partial charge in [0.2, 0.25) is 5.89 Å². The van der Waals surface area contributed by atoms with E-state index in [1.807, 2.05) is 6.92 Å². The van der Waals surface area contributed by atoms with Gasteiger partial charge in [0, 0.05) is 25.9 Å². The molecular weight excluding hydrogens is 322 g/mol. The zero-order valence-corrected chi connectivity index (χ0v) is 15.2. The zero-order chi connectivity index (χ0) is 18.0. The molecule has 138 valence electrons. The first-order valence-corrected chi connectivity index (χ1v) is 9.08. The second kappa shape index (κ2) is 7.11. The number of nitrogens with one attached hydrogen (secondary N) is 1. The van der Waals surface area contributed by atoms with E-state index in [1.165, 1.54) is 11.9 Å². The lowest BCUT2D eigenvalue weighted by molar-refractivity contribution is -0.132. The number of likely N-dealkylation sites (tertiary alicyclic amines) is 1. The minimum absolute atomic E-state index is 0.0779. The third kappa shape index (κ3) is 3.53. The van der Waals surface area contributed by atoms with Crippen molar-refractivity contribution < 1.29 is 14.1 Å². The molecule has 2 unspecified atom stereocenters. The van der Waals surface area contributed by atoms with Crippen LogP contribution in [0.5, 0.6) is 0 Å². The molecule has 2 aliphatic heterocycles. The molecule has 0 spiro atoms. The van der Waals surface area contributed by atoms with Crippen molar-refractivity contribution >= 4 is 11.9 Å². The average molecular weight is 349 g/mol. The number of unbranched alkanes of at least 4 members (excludes halogenated alkanes) is 1. The molecule has 0 aromatic carbocycles. The van der Waals surface area contributed by atoms with Crippen molar-refractivity contribution in [2.75, 3.05) is 20.1 Å². The van der Waals surface area contributed by atoms with Gasteiger partial charge in [-0.2, -0.15) is 4.98 Å². The quantitative estimate of drug-likeness (QED) is 0.784. The summed E-state index contributed by atoms with van der Waals surface area (Å²) < 4.78 is 5.29. The van der Waals surface area contributed by atoms with Gasteiger partial charge in [0.25, 0.3) is 5.91 Å². The summed E-state index contributed by atoms with van der Waals surface area (Å²) in [7, 11) is 1.53. The number of likely N-dealkylation sites (N-methyl/N-ethyl adjacent to an activating group) is 1. The first-order chi connectivity index (χ1) is 11.9. The van der Waals surface area contributed by atoms with Crippen LogP contribution in [0, 0.1) is 5.92 Å². The lowest BCUT2D eigenvalue weighted by Crippen LogP contribution is -2.55. The fourth-order valence-corrected chi connectivity index (χ4v) is 3.73. The molecule has 1 aromatic rings. The Bertz CT molecular complexity index is 646. The molecule has 0 aliphatic carbocycles. The monoisotopic (exact) mass is 349 g/mol. The third-order valence-electron chi connectivity index (χ3n) is 5.36. The van der Waals surface area contributed by atoms with Gasteiger partial charge in [0.05, 0.1) is 6.54 Å². The van der Waals surface area contributed by atoms with E-state index in [2.05, 4.69) is 27.3 Å². The highest BCUT2D eigenvalue weighted by Gasteiger charge is 2.51. The van der Waals surface area contributed by atoms with Gasteiger partial charge in [-0.3, -0.25) is 14.6 Å². The third-order valence-corrected chi connectivity index (χ3v) is 5.36. The number of aryl methyl sites for hydroxylation is 1. The van der Waals surface area contributed by atoms with Gasteiger partial charge in [-0.05, 0) is 32.7 Å². The normalized spacial score (nSPS) is 27.8. The van der Waals surface area contributed by atoms with E-state index in [0.29, 0.717) is 18.3 Å². The van der Waals surface area contributed by atoms with E-state index in [-0.39, 0.29) is 17.9 Å². The van der Waals surface area contributed by atoms with E-state index in [0.717, 1.165) is 45.2 Å². The Hall–Kier alpha value is -1.96. The maximum Gasteiger partial charge on any atom is 0.324 e. The summed E-state index contributed by atoms with van der Waals surface area (Å²) in [6.07, 6.45) is 4.85. The highest BCUT2D eigenvalue weighted by molar-refractivity contribution is 6.06. The molecule has 1 aromatic heterocycles. The number of aromatic nitrogens is 2. The molecule has 0 bridgehead atoms. The van der Waals surface area contributed by atoms with Crippen LogP contribution in [0.2, 0.25) is 0 Å². The topological polar surface area (TPSA) is 91.6 Å². The molecule has 2 aliphatic rings. The highest BCUT2D eigenvalue weighted by Crippen LogP contribution is 2.32. The number of carbonyl (C=O) groups excluding carboxylic acids is 2. The Morgan fingerprint density at radius 2 is 2.20 bits per heavy atom. The summed E-state index contributed by atoms with van der Waals surface area (Å²) in [5, 5.41) is 6.94. The van der Waals surface area contributed by atoms with Crippen molar-refractivity contribution in [2.45, 2.75) is 58.0 Å². The van der Waals surface area contributed by atoms with E-state index in [9.17, 15) is 9.59 Å². The number of amides is 3. The van der Waals surface area contributed by atoms with E-state index in [4.69, 9.17) is 4.52 Å². The van der Waals surface area contributed by atoms with Gasteiger partial charge in [-0.25, -0.2) is 4.79 Å². The molecule has 3 heterocycles. The van der Waals surface area contributed by atoms with Gasteiger partial charge in [-0.1, -0.05) is 18.5 Å². The molecule has 0 radical (unpaired) electrons. The Morgan fingerprint density at radius 3 is 2.88 bits per heavy atom. The number of rotatable bonds is 6. The Kier molecular flexibility index (Phi) is 5.08. The molecular formula is C17H27N5O3. The molecule has 2 fully saturated rings. The maximum atomic E-state index is 12.5. The van der Waals surface area contributed by atoms with E-state index in [1.54, 1.807) is 0 Å². The number of carbonyl (C=O) groups is 2. The second-order valence-corrected chi connectivity index (χ2v) is 7.28. The summed E-state index contributed by atoms with van der Waals surface area (Å²) in [5.74, 6) is 1.31. The van der Waals surface area contributed by atoms with Crippen molar-refractivity contribution in [1.82, 2.24) is 25.3 Å². The Labute approximate surface area is 147 Å². The van der Waals surface area contributed by atoms with Crippen LogP contribution in [0.25, 0.3) is 0 Å². The summed E-state index contributed by atoms with van der Waals surface area (Å²) in [6.45, 7) is 6.24. The molecule has 8 nitrogen and oxygen atoms in total. The Morgan fingerprint density at radius 1 is 1.40 bits per heavy atom. The first kappa shape index (κ1) is 17.8. The molecule has 3 amide bonds. The molecule has 3 rings (SSSR count). The van der Waals surface area contributed by atoms with Gasteiger partial charge in [0.15, 0.2) is 5.82 Å². The number of imide groups is 1. The van der Waals surface area contributed by atoms with Gasteiger partial charge in [-0.15, -0.1) is 0 Å². The predicted molar refractivity (Wildman–Crippen MR) is 90.6 cm³/mol. The number of urea groups is 1. The lowest BCUT2D eigenvalue weighted by atomic mass is 9.80. The summed E-state index contributed by atoms with van der Waals surface area (Å²) in [4.78, 5) is 32.2. The minimum Gasteiger partial charge on any atom is -0.339 e. The average Bonchev–Trinajstić information content (AvgIpc) is 3.13. The molecule has 2 saturated heterocycles. The smallest absolute Gasteiger partial charge is 0.324 e. The SMILES string of the molecule is CCCCc1nc(CN2CCCC(C3(C)NC(=O)N(C)C3=O)C2)no1. The summed E-state index contributed by atoms with van der Waals surface area (Å²) in [6, 6.07) is -0.316. The first-order valence-electron chi connectivity index (χ1n) is 9.08. The molecule has 25 heavy (non-hydrogen) atoms. The number of piperidine rings is 1. The van der Waals surface area contributed by atoms with Crippen molar-refractivity contribution in [3.63, 3.8) is 0 Å². The molecule has 8 heteroatoms. The van der Waals surface area contributed by atoms with Crippen LogP contribution in [-0.2, 0) is 17.8 Å². The zero-order valence-electron chi connectivity index (χ0n) is 15.2. The van der Waals surface area contributed by atoms with Crippen molar-refractivity contribution in [2.24, 2.45) is 5.92 Å². The predicted octanol–water partition coefficient (Wildman–Crippen LogP) is 1.56. The van der Waals surface area contributed by atoms with E-state index < -0.39 is 5.54 Å². The second-order valence-electron chi connectivity index (χ2n) is 7.28. The van der Waals surface area contributed by atoms with Crippen LogP contribution in [0.15, 0.2) is 4.52 Å². The number of hydrogen-bond donors (Lipinski definition) is 1. The molecule has 2 atom stereocenters. The largest absolute Gasteiger partial charge is 0.339 e. The van der Waals surface area contributed by atoms with Crippen LogP contribution < -0.4 is 5.32 Å². The summed E-state index contributed by atoms with van der Waals surface area (Å²) >= 11 is 0. The number of hydrogen-bond acceptors (Lipinski definition) is 6.